The fourth-order valence-electron chi connectivity index (χ4n) is 1.57. The number of hydrogen-bond acceptors (Lipinski definition) is 3. The summed E-state index contributed by atoms with van der Waals surface area (Å²) in [6, 6.07) is 10.4. The number of aromatic nitrogens is 1. The summed E-state index contributed by atoms with van der Waals surface area (Å²) >= 11 is 1.65. The van der Waals surface area contributed by atoms with Crippen LogP contribution >= 0.6 is 11.3 Å². The van der Waals surface area contributed by atoms with Crippen LogP contribution in [0.1, 0.15) is 16.1 Å². The molecule has 0 bridgehead atoms. The molecule has 0 aliphatic rings. The maximum absolute atomic E-state index is 8.68. The molecule has 2 nitrogen and oxygen atoms in total. The van der Waals surface area contributed by atoms with E-state index >= 15 is 0 Å². The first kappa shape index (κ1) is 10.8. The molecular weight excluding hydrogens is 216 g/mol. The Morgan fingerprint density at radius 1 is 1.38 bits per heavy atom. The molecule has 0 saturated carbocycles. The van der Waals surface area contributed by atoms with E-state index in [2.05, 4.69) is 36.2 Å². The number of benzene rings is 1. The zero-order chi connectivity index (χ0) is 11.5. The van der Waals surface area contributed by atoms with Crippen LogP contribution in [0, 0.1) is 25.2 Å². The molecule has 1 aromatic heterocycles. The highest BCUT2D eigenvalue weighted by Crippen LogP contribution is 2.28. The van der Waals surface area contributed by atoms with E-state index in [0.717, 1.165) is 21.1 Å². The van der Waals surface area contributed by atoms with Gasteiger partial charge in [0, 0.05) is 10.4 Å². The maximum Gasteiger partial charge on any atom is 0.123 e. The van der Waals surface area contributed by atoms with Crippen LogP contribution in [0.5, 0.6) is 0 Å². The SMILES string of the molecule is Cc1cccc(-c2nc(CC#N)c(C)s2)c1. The van der Waals surface area contributed by atoms with Gasteiger partial charge in [0.2, 0.25) is 0 Å². The van der Waals surface area contributed by atoms with Crippen molar-refractivity contribution >= 4 is 11.3 Å². The molecule has 1 aromatic carbocycles. The monoisotopic (exact) mass is 228 g/mol. The van der Waals surface area contributed by atoms with Crippen molar-refractivity contribution in [3.05, 3.63) is 40.4 Å². The molecule has 3 heteroatoms. The van der Waals surface area contributed by atoms with Crippen molar-refractivity contribution in [2.24, 2.45) is 0 Å². The Morgan fingerprint density at radius 3 is 2.88 bits per heavy atom. The molecular formula is C13H12N2S. The summed E-state index contributed by atoms with van der Waals surface area (Å²) in [6.45, 7) is 4.09. The van der Waals surface area contributed by atoms with Crippen molar-refractivity contribution in [3.8, 4) is 16.6 Å². The predicted octanol–water partition coefficient (Wildman–Crippen LogP) is 3.49. The van der Waals surface area contributed by atoms with E-state index in [4.69, 9.17) is 5.26 Å². The first-order valence-electron chi connectivity index (χ1n) is 5.11. The molecule has 0 atom stereocenters. The van der Waals surface area contributed by atoms with Gasteiger partial charge < -0.3 is 0 Å². The number of aryl methyl sites for hydroxylation is 2. The van der Waals surface area contributed by atoms with Gasteiger partial charge in [-0.15, -0.1) is 11.3 Å². The highest BCUT2D eigenvalue weighted by atomic mass is 32.1. The van der Waals surface area contributed by atoms with Gasteiger partial charge in [-0.2, -0.15) is 5.26 Å². The minimum absolute atomic E-state index is 0.397. The van der Waals surface area contributed by atoms with Crippen LogP contribution in [0.25, 0.3) is 10.6 Å². The molecule has 0 spiro atoms. The molecule has 2 rings (SSSR count). The summed E-state index contributed by atoms with van der Waals surface area (Å²) in [7, 11) is 0. The number of thiazole rings is 1. The van der Waals surface area contributed by atoms with Gasteiger partial charge in [0.25, 0.3) is 0 Å². The summed E-state index contributed by atoms with van der Waals surface area (Å²) in [5.74, 6) is 0. The summed E-state index contributed by atoms with van der Waals surface area (Å²) in [4.78, 5) is 5.64. The van der Waals surface area contributed by atoms with Gasteiger partial charge in [0.15, 0.2) is 0 Å². The fraction of sp³-hybridized carbons (Fsp3) is 0.231. The highest BCUT2D eigenvalue weighted by molar-refractivity contribution is 7.15. The van der Waals surface area contributed by atoms with Crippen molar-refractivity contribution in [2.45, 2.75) is 20.3 Å². The van der Waals surface area contributed by atoms with Crippen LogP contribution in [0.4, 0.5) is 0 Å². The molecule has 0 N–H and O–H groups in total. The summed E-state index contributed by atoms with van der Waals surface area (Å²) in [5, 5.41) is 9.69. The molecule has 1 heterocycles. The third kappa shape index (κ3) is 2.12. The van der Waals surface area contributed by atoms with E-state index in [1.54, 1.807) is 11.3 Å². The van der Waals surface area contributed by atoms with Gasteiger partial charge in [-0.3, -0.25) is 0 Å². The summed E-state index contributed by atoms with van der Waals surface area (Å²) in [5.41, 5.74) is 3.27. The molecule has 16 heavy (non-hydrogen) atoms. The second-order valence-electron chi connectivity index (χ2n) is 3.73. The third-order valence-electron chi connectivity index (χ3n) is 2.40. The molecule has 0 saturated heterocycles. The van der Waals surface area contributed by atoms with Crippen LogP contribution in [-0.2, 0) is 6.42 Å². The van der Waals surface area contributed by atoms with Crippen LogP contribution in [0.3, 0.4) is 0 Å². The molecule has 0 fully saturated rings. The van der Waals surface area contributed by atoms with E-state index in [1.165, 1.54) is 5.56 Å². The molecule has 0 radical (unpaired) electrons. The average Bonchev–Trinajstić information content (AvgIpc) is 2.61. The number of hydrogen-bond donors (Lipinski definition) is 0. The molecule has 0 unspecified atom stereocenters. The largest absolute Gasteiger partial charge is 0.240 e. The zero-order valence-electron chi connectivity index (χ0n) is 9.32. The van der Waals surface area contributed by atoms with E-state index in [-0.39, 0.29) is 0 Å². The van der Waals surface area contributed by atoms with Crippen molar-refractivity contribution < 1.29 is 0 Å². The predicted molar refractivity (Wildman–Crippen MR) is 66.3 cm³/mol. The van der Waals surface area contributed by atoms with Gasteiger partial charge in [0.1, 0.15) is 5.01 Å². The Labute approximate surface area is 99.2 Å². The average molecular weight is 228 g/mol. The van der Waals surface area contributed by atoms with Crippen molar-refractivity contribution in [1.82, 2.24) is 4.98 Å². The van der Waals surface area contributed by atoms with Crippen molar-refractivity contribution in [1.29, 1.82) is 5.26 Å². The Bertz CT molecular complexity index is 549. The van der Waals surface area contributed by atoms with Gasteiger partial charge in [0.05, 0.1) is 18.2 Å². The minimum Gasteiger partial charge on any atom is -0.240 e. The van der Waals surface area contributed by atoms with Crippen LogP contribution in [-0.4, -0.2) is 4.98 Å². The molecule has 80 valence electrons. The quantitative estimate of drug-likeness (QED) is 0.788. The van der Waals surface area contributed by atoms with E-state index in [9.17, 15) is 0 Å². The highest BCUT2D eigenvalue weighted by Gasteiger charge is 2.08. The Hall–Kier alpha value is -1.66. The van der Waals surface area contributed by atoms with Gasteiger partial charge in [-0.25, -0.2) is 4.98 Å². The minimum atomic E-state index is 0.397. The van der Waals surface area contributed by atoms with Gasteiger partial charge in [-0.05, 0) is 19.9 Å². The first-order chi connectivity index (χ1) is 7.70. The number of rotatable bonds is 2. The number of nitriles is 1. The fourth-order valence-corrected chi connectivity index (χ4v) is 2.49. The Balaban J connectivity index is 2.42. The normalized spacial score (nSPS) is 10.1. The lowest BCUT2D eigenvalue weighted by molar-refractivity contribution is 1.13. The lowest BCUT2D eigenvalue weighted by Crippen LogP contribution is -1.84. The standard InChI is InChI=1S/C13H12N2S/c1-9-4-3-5-11(8-9)13-15-12(6-7-14)10(2)16-13/h3-5,8H,6H2,1-2H3. The second kappa shape index (κ2) is 4.46. The Kier molecular flexibility index (Phi) is 3.02. The summed E-state index contributed by atoms with van der Waals surface area (Å²) in [6.07, 6.45) is 0.397. The van der Waals surface area contributed by atoms with E-state index in [0.29, 0.717) is 6.42 Å². The van der Waals surface area contributed by atoms with E-state index < -0.39 is 0 Å². The lowest BCUT2D eigenvalue weighted by atomic mass is 10.1. The maximum atomic E-state index is 8.68. The van der Waals surface area contributed by atoms with Crippen LogP contribution in [0.2, 0.25) is 0 Å². The van der Waals surface area contributed by atoms with Gasteiger partial charge in [-0.1, -0.05) is 23.8 Å². The third-order valence-corrected chi connectivity index (χ3v) is 3.47. The molecule has 0 aliphatic heterocycles. The van der Waals surface area contributed by atoms with Crippen molar-refractivity contribution in [3.63, 3.8) is 0 Å². The van der Waals surface area contributed by atoms with Crippen LogP contribution in [0.15, 0.2) is 24.3 Å². The lowest BCUT2D eigenvalue weighted by Gasteiger charge is -1.96. The smallest absolute Gasteiger partial charge is 0.123 e. The second-order valence-corrected chi connectivity index (χ2v) is 4.93. The molecule has 0 aliphatic carbocycles. The Morgan fingerprint density at radius 2 is 2.19 bits per heavy atom. The van der Waals surface area contributed by atoms with Crippen molar-refractivity contribution in [2.75, 3.05) is 0 Å². The molecule has 0 amide bonds. The first-order valence-corrected chi connectivity index (χ1v) is 5.92. The van der Waals surface area contributed by atoms with E-state index in [1.807, 2.05) is 13.0 Å². The zero-order valence-corrected chi connectivity index (χ0v) is 10.1. The molecule has 2 aromatic rings. The topological polar surface area (TPSA) is 36.7 Å². The van der Waals surface area contributed by atoms with Crippen LogP contribution < -0.4 is 0 Å². The summed E-state index contributed by atoms with van der Waals surface area (Å²) < 4.78 is 0. The van der Waals surface area contributed by atoms with Gasteiger partial charge >= 0.3 is 0 Å². The number of nitrogens with zero attached hydrogens (tertiary/aromatic N) is 2.